The van der Waals surface area contributed by atoms with Gasteiger partial charge >= 0.3 is 0 Å². The second kappa shape index (κ2) is 9.40. The third-order valence-electron chi connectivity index (χ3n) is 5.46. The van der Waals surface area contributed by atoms with Gasteiger partial charge in [-0.15, -0.1) is 0 Å². The Morgan fingerprint density at radius 1 is 0.969 bits per heavy atom. The zero-order valence-electron chi connectivity index (χ0n) is 18.4. The van der Waals surface area contributed by atoms with Crippen LogP contribution in [0.5, 0.6) is 0 Å². The van der Waals surface area contributed by atoms with Crippen LogP contribution in [-0.2, 0) is 11.3 Å². The van der Waals surface area contributed by atoms with Gasteiger partial charge in [-0.25, -0.2) is 4.98 Å². The molecule has 5 nitrogen and oxygen atoms in total. The van der Waals surface area contributed by atoms with Gasteiger partial charge in [-0.2, -0.15) is 0 Å². The number of nitrogens with zero attached hydrogens (tertiary/aromatic N) is 3. The van der Waals surface area contributed by atoms with Gasteiger partial charge in [-0.05, 0) is 49.2 Å². The average Bonchev–Trinajstić information content (AvgIpc) is 2.80. The van der Waals surface area contributed by atoms with Crippen molar-refractivity contribution in [1.29, 1.82) is 0 Å². The molecule has 0 aliphatic rings. The number of para-hydroxylation sites is 1. The van der Waals surface area contributed by atoms with E-state index in [-0.39, 0.29) is 17.2 Å². The Hall–Kier alpha value is -3.38. The number of hydrogen-bond donors (Lipinski definition) is 0. The molecule has 0 radical (unpaired) electrons. The molecule has 32 heavy (non-hydrogen) atoms. The highest BCUT2D eigenvalue weighted by Gasteiger charge is 2.17. The lowest BCUT2D eigenvalue weighted by molar-refractivity contribution is -0.127. The topological polar surface area (TPSA) is 55.2 Å². The van der Waals surface area contributed by atoms with Crippen LogP contribution < -0.4 is 5.56 Å². The number of hydrogen-bond acceptors (Lipinski definition) is 4. The molecule has 1 heterocycles. The molecular weight excluding hydrogens is 418 g/mol. The van der Waals surface area contributed by atoms with Gasteiger partial charge in [0, 0.05) is 13.6 Å². The van der Waals surface area contributed by atoms with Crippen LogP contribution in [0.4, 0.5) is 0 Å². The summed E-state index contributed by atoms with van der Waals surface area (Å²) in [5, 5.41) is 1.07. The summed E-state index contributed by atoms with van der Waals surface area (Å²) in [5.74, 6) is 0.176. The van der Waals surface area contributed by atoms with E-state index in [2.05, 4.69) is 0 Å². The predicted octanol–water partition coefficient (Wildman–Crippen LogP) is 4.75. The zero-order chi connectivity index (χ0) is 22.7. The number of carbonyl (C=O) groups excluding carboxylic acids is 1. The maximum Gasteiger partial charge on any atom is 0.266 e. The Labute approximate surface area is 191 Å². The molecule has 1 aromatic heterocycles. The normalized spacial score (nSPS) is 11.0. The van der Waals surface area contributed by atoms with E-state index < -0.39 is 0 Å². The van der Waals surface area contributed by atoms with Crippen LogP contribution in [0.25, 0.3) is 16.6 Å². The van der Waals surface area contributed by atoms with Gasteiger partial charge in [0.25, 0.3) is 5.56 Å². The van der Waals surface area contributed by atoms with E-state index in [1.165, 1.54) is 11.8 Å². The first-order chi connectivity index (χ1) is 15.4. The molecule has 6 heteroatoms. The number of aryl methyl sites for hydroxylation is 2. The maximum atomic E-state index is 13.3. The average molecular weight is 444 g/mol. The molecule has 0 saturated heterocycles. The van der Waals surface area contributed by atoms with Gasteiger partial charge in [-0.3, -0.25) is 14.2 Å². The standard InChI is InChI=1S/C26H25N3O2S/c1-18-12-14-21(15-13-18)29-25(31)22-10-6-7-11-23(22)27-26(29)32-17-24(30)28(3)16-20-9-5-4-8-19(20)2/h4-15H,16-17H2,1-3H3. The molecule has 0 aliphatic carbocycles. The largest absolute Gasteiger partial charge is 0.341 e. The number of amides is 1. The summed E-state index contributed by atoms with van der Waals surface area (Å²) in [5.41, 5.74) is 4.62. The minimum atomic E-state index is -0.136. The summed E-state index contributed by atoms with van der Waals surface area (Å²) >= 11 is 1.29. The lowest BCUT2D eigenvalue weighted by atomic mass is 10.1. The molecule has 0 fully saturated rings. The number of fused-ring (bicyclic) bond motifs is 1. The van der Waals surface area contributed by atoms with Crippen molar-refractivity contribution in [3.05, 3.63) is 99.8 Å². The highest BCUT2D eigenvalue weighted by atomic mass is 32.2. The van der Waals surface area contributed by atoms with Gasteiger partial charge in [0.1, 0.15) is 0 Å². The molecule has 3 aromatic carbocycles. The lowest BCUT2D eigenvalue weighted by Crippen LogP contribution is -2.29. The van der Waals surface area contributed by atoms with Crippen molar-refractivity contribution in [1.82, 2.24) is 14.5 Å². The van der Waals surface area contributed by atoms with E-state index in [9.17, 15) is 9.59 Å². The van der Waals surface area contributed by atoms with Gasteiger partial charge in [0.15, 0.2) is 5.16 Å². The summed E-state index contributed by atoms with van der Waals surface area (Å²) in [4.78, 5) is 32.6. The minimum Gasteiger partial charge on any atom is -0.341 e. The van der Waals surface area contributed by atoms with Crippen LogP contribution in [0.2, 0.25) is 0 Å². The van der Waals surface area contributed by atoms with Crippen molar-refractivity contribution in [3.8, 4) is 5.69 Å². The SMILES string of the molecule is Cc1ccc(-n2c(SCC(=O)N(C)Cc3ccccc3C)nc3ccccc3c2=O)cc1. The number of carbonyl (C=O) groups is 1. The van der Waals surface area contributed by atoms with Crippen LogP contribution in [0.15, 0.2) is 82.7 Å². The van der Waals surface area contributed by atoms with Crippen LogP contribution in [-0.4, -0.2) is 33.2 Å². The van der Waals surface area contributed by atoms with Gasteiger partial charge < -0.3 is 4.90 Å². The quantitative estimate of drug-likeness (QED) is 0.319. The van der Waals surface area contributed by atoms with E-state index in [1.54, 1.807) is 22.6 Å². The summed E-state index contributed by atoms with van der Waals surface area (Å²) in [6, 6.07) is 23.1. The molecule has 162 valence electrons. The number of benzene rings is 3. The fourth-order valence-electron chi connectivity index (χ4n) is 3.50. The Bertz CT molecular complexity index is 1330. The molecule has 4 rings (SSSR count). The minimum absolute atomic E-state index is 0.0175. The maximum absolute atomic E-state index is 13.3. The number of aromatic nitrogens is 2. The van der Waals surface area contributed by atoms with Crippen molar-refractivity contribution >= 4 is 28.6 Å². The summed E-state index contributed by atoms with van der Waals surface area (Å²) in [6.45, 7) is 4.59. The highest BCUT2D eigenvalue weighted by molar-refractivity contribution is 7.99. The van der Waals surface area contributed by atoms with E-state index in [0.29, 0.717) is 22.6 Å². The van der Waals surface area contributed by atoms with Crippen LogP contribution >= 0.6 is 11.8 Å². The van der Waals surface area contributed by atoms with E-state index in [1.807, 2.05) is 80.6 Å². The lowest BCUT2D eigenvalue weighted by Gasteiger charge is -2.19. The number of thioether (sulfide) groups is 1. The smallest absolute Gasteiger partial charge is 0.266 e. The Kier molecular flexibility index (Phi) is 6.42. The summed E-state index contributed by atoms with van der Waals surface area (Å²) < 4.78 is 1.60. The monoisotopic (exact) mass is 443 g/mol. The van der Waals surface area contributed by atoms with E-state index in [0.717, 1.165) is 22.4 Å². The Morgan fingerprint density at radius 3 is 2.41 bits per heavy atom. The molecule has 0 aliphatic heterocycles. The fourth-order valence-corrected chi connectivity index (χ4v) is 4.45. The van der Waals surface area contributed by atoms with Crippen LogP contribution in [0, 0.1) is 13.8 Å². The second-order valence-corrected chi connectivity index (χ2v) is 8.80. The Morgan fingerprint density at radius 2 is 1.66 bits per heavy atom. The molecular formula is C26H25N3O2S. The summed E-state index contributed by atoms with van der Waals surface area (Å²) in [7, 11) is 1.80. The van der Waals surface area contributed by atoms with Gasteiger partial charge in [0.2, 0.25) is 5.91 Å². The van der Waals surface area contributed by atoms with Crippen molar-refractivity contribution in [2.24, 2.45) is 0 Å². The van der Waals surface area contributed by atoms with Crippen LogP contribution in [0.1, 0.15) is 16.7 Å². The zero-order valence-corrected chi connectivity index (χ0v) is 19.2. The molecule has 4 aromatic rings. The molecule has 0 spiro atoms. The molecule has 0 unspecified atom stereocenters. The van der Waals surface area contributed by atoms with E-state index >= 15 is 0 Å². The third kappa shape index (κ3) is 4.60. The third-order valence-corrected chi connectivity index (χ3v) is 6.38. The van der Waals surface area contributed by atoms with Crippen molar-refractivity contribution in [2.75, 3.05) is 12.8 Å². The first kappa shape index (κ1) is 21.8. The number of rotatable bonds is 6. The molecule has 1 amide bonds. The van der Waals surface area contributed by atoms with Gasteiger partial charge in [-0.1, -0.05) is 65.9 Å². The Balaban J connectivity index is 1.62. The van der Waals surface area contributed by atoms with Gasteiger partial charge in [0.05, 0.1) is 22.3 Å². The van der Waals surface area contributed by atoms with Crippen molar-refractivity contribution in [2.45, 2.75) is 25.5 Å². The van der Waals surface area contributed by atoms with Crippen molar-refractivity contribution in [3.63, 3.8) is 0 Å². The van der Waals surface area contributed by atoms with Crippen molar-refractivity contribution < 1.29 is 4.79 Å². The first-order valence-corrected chi connectivity index (χ1v) is 11.4. The second-order valence-electron chi connectivity index (χ2n) is 7.85. The predicted molar refractivity (Wildman–Crippen MR) is 130 cm³/mol. The van der Waals surface area contributed by atoms with E-state index in [4.69, 9.17) is 4.98 Å². The first-order valence-electron chi connectivity index (χ1n) is 10.4. The molecule has 0 bridgehead atoms. The fraction of sp³-hybridized carbons (Fsp3) is 0.192. The molecule has 0 N–H and O–H groups in total. The molecule has 0 saturated carbocycles. The summed E-state index contributed by atoms with van der Waals surface area (Å²) in [6.07, 6.45) is 0. The molecule has 0 atom stereocenters. The highest BCUT2D eigenvalue weighted by Crippen LogP contribution is 2.22. The van der Waals surface area contributed by atoms with Crippen LogP contribution in [0.3, 0.4) is 0 Å².